The number of carbonyl (C=O) groups excluding carboxylic acids is 1. The number of rotatable bonds is 6. The molecule has 0 saturated carbocycles. The highest BCUT2D eigenvalue weighted by molar-refractivity contribution is 5.79. The molecule has 0 fully saturated rings. The van der Waals surface area contributed by atoms with Crippen molar-refractivity contribution in [3.8, 4) is 0 Å². The third kappa shape index (κ3) is 4.17. The van der Waals surface area contributed by atoms with Crippen LogP contribution in [0, 0.1) is 11.7 Å². The topological polar surface area (TPSA) is 67.2 Å². The van der Waals surface area contributed by atoms with Crippen LogP contribution in [0.4, 0.5) is 4.39 Å². The normalized spacial score (nSPS) is 12.8. The van der Waals surface area contributed by atoms with E-state index in [1.165, 1.54) is 23.0 Å². The molecule has 0 radical (unpaired) electrons. The molecule has 0 spiro atoms. The number of hydrogen-bond acceptors (Lipinski definition) is 4. The first-order valence-corrected chi connectivity index (χ1v) is 7.87. The second-order valence-corrected chi connectivity index (χ2v) is 6.42. The number of likely N-dealkylation sites (N-methyl/N-ethyl adjacent to an activating group) is 1. The van der Waals surface area contributed by atoms with E-state index in [2.05, 4.69) is 29.0 Å². The maximum absolute atomic E-state index is 13.3. The minimum atomic E-state index is -0.505. The number of aromatic nitrogens is 2. The van der Waals surface area contributed by atoms with Gasteiger partial charge in [-0.2, -0.15) is 0 Å². The number of amides is 1. The standard InChI is InChI=1S/C17H23FN4O2/c1-11(2)15(21(3)4)8-19-16(23)9-22-10-20-14-6-5-12(18)7-13(14)17(22)24/h5-7,10-11,15H,8-9H2,1-4H3,(H,19,23). The van der Waals surface area contributed by atoms with Crippen molar-refractivity contribution in [1.29, 1.82) is 0 Å². The Labute approximate surface area is 140 Å². The van der Waals surface area contributed by atoms with Gasteiger partial charge in [0.2, 0.25) is 5.91 Å². The average molecular weight is 334 g/mol. The highest BCUT2D eigenvalue weighted by Crippen LogP contribution is 2.08. The quantitative estimate of drug-likeness (QED) is 0.863. The number of nitrogens with one attached hydrogen (secondary N) is 1. The SMILES string of the molecule is CC(C)C(CNC(=O)Cn1cnc2ccc(F)cc2c1=O)N(C)C. The second kappa shape index (κ2) is 7.53. The molecule has 1 unspecified atom stereocenters. The van der Waals surface area contributed by atoms with Gasteiger partial charge in [0.05, 0.1) is 17.2 Å². The lowest BCUT2D eigenvalue weighted by molar-refractivity contribution is -0.122. The minimum absolute atomic E-state index is 0.142. The summed E-state index contributed by atoms with van der Waals surface area (Å²) in [6.07, 6.45) is 1.31. The lowest BCUT2D eigenvalue weighted by Crippen LogP contribution is -2.44. The molecule has 130 valence electrons. The van der Waals surface area contributed by atoms with Gasteiger partial charge in [-0.05, 0) is 38.2 Å². The van der Waals surface area contributed by atoms with Crippen LogP contribution in [0.1, 0.15) is 13.8 Å². The zero-order valence-corrected chi connectivity index (χ0v) is 14.4. The van der Waals surface area contributed by atoms with E-state index in [4.69, 9.17) is 0 Å². The second-order valence-electron chi connectivity index (χ2n) is 6.42. The van der Waals surface area contributed by atoms with E-state index in [9.17, 15) is 14.0 Å². The van der Waals surface area contributed by atoms with Gasteiger partial charge in [-0.25, -0.2) is 9.37 Å². The molecular weight excluding hydrogens is 311 g/mol. The molecule has 0 bridgehead atoms. The van der Waals surface area contributed by atoms with Gasteiger partial charge >= 0.3 is 0 Å². The van der Waals surface area contributed by atoms with Crippen LogP contribution in [0.25, 0.3) is 10.9 Å². The van der Waals surface area contributed by atoms with Crippen molar-refractivity contribution in [1.82, 2.24) is 19.8 Å². The zero-order chi connectivity index (χ0) is 17.9. The van der Waals surface area contributed by atoms with E-state index in [-0.39, 0.29) is 23.9 Å². The molecule has 1 aromatic carbocycles. The van der Waals surface area contributed by atoms with E-state index in [0.29, 0.717) is 18.0 Å². The summed E-state index contributed by atoms with van der Waals surface area (Å²) in [6, 6.07) is 4.04. The molecule has 1 aromatic heterocycles. The fourth-order valence-corrected chi connectivity index (χ4v) is 2.69. The number of halogens is 1. The lowest BCUT2D eigenvalue weighted by atomic mass is 10.0. The van der Waals surface area contributed by atoms with E-state index < -0.39 is 11.4 Å². The smallest absolute Gasteiger partial charge is 0.261 e. The van der Waals surface area contributed by atoms with Gasteiger partial charge in [0.1, 0.15) is 12.4 Å². The number of nitrogens with zero attached hydrogens (tertiary/aromatic N) is 3. The Morgan fingerprint density at radius 3 is 2.71 bits per heavy atom. The number of hydrogen-bond donors (Lipinski definition) is 1. The fourth-order valence-electron chi connectivity index (χ4n) is 2.69. The average Bonchev–Trinajstić information content (AvgIpc) is 2.50. The van der Waals surface area contributed by atoms with Crippen LogP contribution >= 0.6 is 0 Å². The van der Waals surface area contributed by atoms with Gasteiger partial charge in [0.25, 0.3) is 5.56 Å². The van der Waals surface area contributed by atoms with Gasteiger partial charge < -0.3 is 10.2 Å². The molecule has 1 atom stereocenters. The first-order valence-electron chi connectivity index (χ1n) is 7.87. The largest absolute Gasteiger partial charge is 0.353 e. The summed E-state index contributed by atoms with van der Waals surface area (Å²) in [5, 5.41) is 3.00. The predicted octanol–water partition coefficient (Wildman–Crippen LogP) is 1.24. The van der Waals surface area contributed by atoms with Crippen LogP contribution in [-0.4, -0.2) is 47.0 Å². The molecule has 6 nitrogen and oxygen atoms in total. The van der Waals surface area contributed by atoms with Crippen molar-refractivity contribution in [2.45, 2.75) is 26.4 Å². The molecule has 0 aliphatic rings. The number of carbonyl (C=O) groups is 1. The third-order valence-corrected chi connectivity index (χ3v) is 4.04. The van der Waals surface area contributed by atoms with Crippen LogP contribution in [0.5, 0.6) is 0 Å². The molecule has 1 amide bonds. The fraction of sp³-hybridized carbons (Fsp3) is 0.471. The summed E-state index contributed by atoms with van der Waals surface area (Å²) in [7, 11) is 3.92. The molecule has 0 saturated heterocycles. The van der Waals surface area contributed by atoms with Crippen molar-refractivity contribution in [2.75, 3.05) is 20.6 Å². The van der Waals surface area contributed by atoms with Crippen molar-refractivity contribution in [3.63, 3.8) is 0 Å². The molecule has 2 rings (SSSR count). The summed E-state index contributed by atoms with van der Waals surface area (Å²) in [5.74, 6) is -0.398. The predicted molar refractivity (Wildman–Crippen MR) is 91.3 cm³/mol. The Morgan fingerprint density at radius 2 is 2.08 bits per heavy atom. The van der Waals surface area contributed by atoms with Gasteiger partial charge in [0, 0.05) is 12.6 Å². The molecule has 1 heterocycles. The number of benzene rings is 1. The Balaban J connectivity index is 2.11. The summed E-state index contributed by atoms with van der Waals surface area (Å²) >= 11 is 0. The molecule has 7 heteroatoms. The summed E-state index contributed by atoms with van der Waals surface area (Å²) in [6.45, 7) is 4.52. The molecule has 24 heavy (non-hydrogen) atoms. The van der Waals surface area contributed by atoms with E-state index in [1.54, 1.807) is 0 Å². The first kappa shape index (κ1) is 18.1. The zero-order valence-electron chi connectivity index (χ0n) is 14.4. The number of fused-ring (bicyclic) bond motifs is 1. The maximum Gasteiger partial charge on any atom is 0.261 e. The molecular formula is C17H23FN4O2. The van der Waals surface area contributed by atoms with Gasteiger partial charge in [-0.1, -0.05) is 13.8 Å². The van der Waals surface area contributed by atoms with Crippen molar-refractivity contribution < 1.29 is 9.18 Å². The molecule has 0 aliphatic carbocycles. The van der Waals surface area contributed by atoms with Crippen LogP contribution < -0.4 is 10.9 Å². The van der Waals surface area contributed by atoms with Crippen molar-refractivity contribution >= 4 is 16.8 Å². The van der Waals surface area contributed by atoms with Crippen LogP contribution in [0.3, 0.4) is 0 Å². The van der Waals surface area contributed by atoms with Gasteiger partial charge in [-0.15, -0.1) is 0 Å². The Hall–Kier alpha value is -2.28. The van der Waals surface area contributed by atoms with E-state index in [0.717, 1.165) is 6.07 Å². The highest BCUT2D eigenvalue weighted by Gasteiger charge is 2.17. The van der Waals surface area contributed by atoms with Crippen molar-refractivity contribution in [3.05, 3.63) is 40.7 Å². The molecule has 0 aliphatic heterocycles. The van der Waals surface area contributed by atoms with E-state index in [1.807, 2.05) is 14.1 Å². The van der Waals surface area contributed by atoms with Crippen LogP contribution in [-0.2, 0) is 11.3 Å². The summed E-state index contributed by atoms with van der Waals surface area (Å²) in [4.78, 5) is 30.6. The first-order chi connectivity index (χ1) is 11.3. The molecule has 2 aromatic rings. The molecule has 1 N–H and O–H groups in total. The Morgan fingerprint density at radius 1 is 1.38 bits per heavy atom. The Bertz CT molecular complexity index is 778. The van der Waals surface area contributed by atoms with Crippen LogP contribution in [0.2, 0.25) is 0 Å². The minimum Gasteiger partial charge on any atom is -0.353 e. The summed E-state index contributed by atoms with van der Waals surface area (Å²) in [5.41, 5.74) is -0.0202. The third-order valence-electron chi connectivity index (χ3n) is 4.04. The monoisotopic (exact) mass is 334 g/mol. The highest BCUT2D eigenvalue weighted by atomic mass is 19.1. The maximum atomic E-state index is 13.3. The van der Waals surface area contributed by atoms with Gasteiger partial charge in [0.15, 0.2) is 0 Å². The van der Waals surface area contributed by atoms with Gasteiger partial charge in [-0.3, -0.25) is 14.2 Å². The van der Waals surface area contributed by atoms with Crippen LogP contribution in [0.15, 0.2) is 29.3 Å². The lowest BCUT2D eigenvalue weighted by Gasteiger charge is -2.28. The Kier molecular flexibility index (Phi) is 5.66. The van der Waals surface area contributed by atoms with E-state index >= 15 is 0 Å². The summed E-state index contributed by atoms with van der Waals surface area (Å²) < 4.78 is 14.5. The van der Waals surface area contributed by atoms with Crippen molar-refractivity contribution in [2.24, 2.45) is 5.92 Å².